The summed E-state index contributed by atoms with van der Waals surface area (Å²) in [6.07, 6.45) is 14.0. The van der Waals surface area contributed by atoms with Crippen molar-refractivity contribution in [1.82, 2.24) is 25.0 Å². The average Bonchev–Trinajstić information content (AvgIpc) is 3.23. The molecule has 3 aromatic heterocycles. The molecule has 0 atom stereocenters. The van der Waals surface area contributed by atoms with E-state index in [0.717, 1.165) is 92.8 Å². The van der Waals surface area contributed by atoms with Crippen molar-refractivity contribution in [3.05, 3.63) is 94.5 Å². The Balaban J connectivity index is 0.000000263. The van der Waals surface area contributed by atoms with Gasteiger partial charge < -0.3 is 36.1 Å². The molecular weight excluding hydrogens is 739 g/mol. The number of carbonyl (C=O) groups excluding carboxylic acids is 3. The molecule has 0 saturated carbocycles. The van der Waals surface area contributed by atoms with Gasteiger partial charge in [0.1, 0.15) is 12.9 Å². The van der Waals surface area contributed by atoms with Crippen LogP contribution in [0.25, 0.3) is 0 Å². The van der Waals surface area contributed by atoms with E-state index in [1.54, 1.807) is 24.4 Å². The van der Waals surface area contributed by atoms with Gasteiger partial charge in [-0.25, -0.2) is 4.98 Å². The number of nitrogens with one attached hydrogen (secondary N) is 1. The van der Waals surface area contributed by atoms with Gasteiger partial charge in [-0.2, -0.15) is 9.46 Å². The maximum atomic E-state index is 13.2. The van der Waals surface area contributed by atoms with Gasteiger partial charge in [-0.1, -0.05) is 20.0 Å². The molecule has 2 amide bonds. The van der Waals surface area contributed by atoms with E-state index in [0.29, 0.717) is 55.1 Å². The van der Waals surface area contributed by atoms with Crippen molar-refractivity contribution in [2.75, 3.05) is 65.2 Å². The summed E-state index contributed by atoms with van der Waals surface area (Å²) in [6.45, 7) is 7.16. The Bertz CT molecular complexity index is 1810. The smallest absolute Gasteiger partial charge is 0.225 e. The van der Waals surface area contributed by atoms with E-state index in [9.17, 15) is 24.8 Å². The number of aromatic nitrogens is 3. The van der Waals surface area contributed by atoms with Crippen molar-refractivity contribution in [2.24, 2.45) is 28.8 Å². The van der Waals surface area contributed by atoms with Crippen molar-refractivity contribution in [1.29, 1.82) is 0 Å². The number of nitrogens with two attached hydrogens (primary N) is 1. The van der Waals surface area contributed by atoms with Crippen LogP contribution in [0.5, 0.6) is 0 Å². The summed E-state index contributed by atoms with van der Waals surface area (Å²) in [5, 5.41) is 30.5. The minimum Gasteiger partial charge on any atom is -0.619 e. The molecule has 4 aliphatic heterocycles. The van der Waals surface area contributed by atoms with Crippen molar-refractivity contribution < 1.29 is 28.7 Å². The van der Waals surface area contributed by atoms with Crippen LogP contribution in [0.3, 0.4) is 0 Å². The zero-order chi connectivity index (χ0) is 39.4. The predicted molar refractivity (Wildman–Crippen MR) is 223 cm³/mol. The Hall–Kier alpha value is -5.15. The van der Waals surface area contributed by atoms with E-state index >= 15 is 0 Å². The first-order valence-corrected chi connectivity index (χ1v) is 19.9. The molecule has 0 unspecified atom stereocenters. The van der Waals surface area contributed by atoms with Crippen molar-refractivity contribution >= 4 is 29.1 Å². The number of rotatable bonds is 9. The molecule has 4 fully saturated rings. The molecule has 15 heteroatoms. The minimum absolute atomic E-state index is 0. The van der Waals surface area contributed by atoms with Crippen LogP contribution in [-0.4, -0.2) is 102 Å². The van der Waals surface area contributed by atoms with E-state index in [1.165, 1.54) is 31.9 Å². The number of piperidine rings is 4. The first kappa shape index (κ1) is 45.6. The molecule has 4 aliphatic rings. The minimum atomic E-state index is -0.0885. The molecule has 0 aliphatic carbocycles. The van der Waals surface area contributed by atoms with Crippen LogP contribution >= 0.6 is 0 Å². The highest BCUT2D eigenvalue weighted by Crippen LogP contribution is 2.28. The summed E-state index contributed by atoms with van der Waals surface area (Å²) in [4.78, 5) is 53.5. The first-order chi connectivity index (χ1) is 27.2. The largest absolute Gasteiger partial charge is 0.619 e. The van der Waals surface area contributed by atoms with Gasteiger partial charge in [-0.3, -0.25) is 19.3 Å². The Morgan fingerprint density at radius 1 is 0.776 bits per heavy atom. The van der Waals surface area contributed by atoms with Gasteiger partial charge in [-0.15, -0.1) is 0 Å². The van der Waals surface area contributed by atoms with Gasteiger partial charge in [-0.05, 0) is 107 Å². The fourth-order valence-electron chi connectivity index (χ4n) is 8.41. The molecule has 3 aromatic rings. The van der Waals surface area contributed by atoms with Gasteiger partial charge in [0, 0.05) is 74.7 Å². The van der Waals surface area contributed by atoms with Crippen LogP contribution < -0.4 is 20.5 Å². The normalized spacial score (nSPS) is 18.9. The highest BCUT2D eigenvalue weighted by atomic mass is 16.6. The zero-order valence-corrected chi connectivity index (χ0v) is 32.3. The number of pyridine rings is 3. The maximum absolute atomic E-state index is 13.2. The molecule has 0 spiro atoms. The molecule has 316 valence electrons. The number of likely N-dealkylation sites (tertiary alicyclic amines) is 3. The second-order valence-corrected chi connectivity index (χ2v) is 15.3. The molecular formula is C43H63N9O6. The van der Waals surface area contributed by atoms with E-state index in [1.807, 2.05) is 28.0 Å². The lowest BCUT2D eigenvalue weighted by Gasteiger charge is -2.37. The van der Waals surface area contributed by atoms with E-state index < -0.39 is 0 Å². The fourth-order valence-corrected chi connectivity index (χ4v) is 8.41. The molecule has 15 nitrogen and oxygen atoms in total. The number of oxime groups is 1. The maximum Gasteiger partial charge on any atom is 0.225 e. The van der Waals surface area contributed by atoms with Gasteiger partial charge in [0.2, 0.25) is 11.8 Å². The first-order valence-electron chi connectivity index (χ1n) is 19.9. The lowest BCUT2D eigenvalue weighted by Crippen LogP contribution is -2.46. The van der Waals surface area contributed by atoms with Crippen molar-refractivity contribution in [3.8, 4) is 0 Å². The molecule has 4 saturated heterocycles. The van der Waals surface area contributed by atoms with Crippen LogP contribution in [0.4, 0.5) is 5.82 Å². The van der Waals surface area contributed by atoms with Gasteiger partial charge >= 0.3 is 0 Å². The Labute approximate surface area is 343 Å². The Kier molecular flexibility index (Phi) is 17.4. The molecule has 0 bridgehead atoms. The topological polar surface area (TPSA) is 187 Å². The third-order valence-electron chi connectivity index (χ3n) is 11.6. The second-order valence-electron chi connectivity index (χ2n) is 15.3. The summed E-state index contributed by atoms with van der Waals surface area (Å²) in [6, 6.07) is 10.8. The highest BCUT2D eigenvalue weighted by molar-refractivity contribution is 6.01. The highest BCUT2D eigenvalue weighted by Gasteiger charge is 2.34. The quantitative estimate of drug-likeness (QED) is 0.106. The number of nitrogens with zero attached hydrogens (tertiary/aromatic N) is 7. The summed E-state index contributed by atoms with van der Waals surface area (Å²) in [5.41, 5.74) is 8.95. The van der Waals surface area contributed by atoms with Crippen molar-refractivity contribution in [2.45, 2.75) is 72.8 Å². The van der Waals surface area contributed by atoms with Gasteiger partial charge in [0.25, 0.3) is 0 Å². The van der Waals surface area contributed by atoms with Crippen LogP contribution in [0, 0.1) is 34.1 Å². The van der Waals surface area contributed by atoms with Crippen LogP contribution in [-0.2, 0) is 21.0 Å². The zero-order valence-electron chi connectivity index (χ0n) is 32.3. The molecule has 7 rings (SSSR count). The third kappa shape index (κ3) is 12.2. The SMILES string of the molecule is C.C.CON=C(c1ccc[n+]([O-])c1)C1CCN(C(=O)C2CCN(Cc3ccnc(N)c3)CC2)CC1.O=C(c1ccc[n+]([O-])c1)C1CCN(C(=O)C2CCNCC2)CC1. The van der Waals surface area contributed by atoms with Gasteiger partial charge in [0.05, 0.1) is 16.8 Å². The summed E-state index contributed by atoms with van der Waals surface area (Å²) >= 11 is 0. The summed E-state index contributed by atoms with van der Waals surface area (Å²) < 4.78 is 1.43. The lowest BCUT2D eigenvalue weighted by molar-refractivity contribution is -0.605. The molecule has 0 radical (unpaired) electrons. The average molecular weight is 802 g/mol. The number of anilines is 1. The van der Waals surface area contributed by atoms with E-state index in [4.69, 9.17) is 10.6 Å². The second kappa shape index (κ2) is 22.1. The third-order valence-corrected chi connectivity index (χ3v) is 11.6. The van der Waals surface area contributed by atoms with Crippen LogP contribution in [0.15, 0.2) is 72.5 Å². The van der Waals surface area contributed by atoms with Crippen molar-refractivity contribution in [3.63, 3.8) is 0 Å². The lowest BCUT2D eigenvalue weighted by atomic mass is 9.87. The number of nitrogen functional groups attached to an aromatic ring is 1. The number of hydrogen-bond acceptors (Lipinski definition) is 11. The number of hydrogen-bond donors (Lipinski definition) is 2. The van der Waals surface area contributed by atoms with E-state index in [-0.39, 0.29) is 56.1 Å². The fraction of sp³-hybridized carbons (Fsp3) is 0.558. The van der Waals surface area contributed by atoms with Crippen LogP contribution in [0.2, 0.25) is 0 Å². The van der Waals surface area contributed by atoms with Gasteiger partial charge in [0.15, 0.2) is 30.6 Å². The number of amides is 2. The monoisotopic (exact) mass is 801 g/mol. The Morgan fingerprint density at radius 3 is 1.84 bits per heavy atom. The Morgan fingerprint density at radius 2 is 1.29 bits per heavy atom. The molecule has 58 heavy (non-hydrogen) atoms. The van der Waals surface area contributed by atoms with Crippen LogP contribution in [0.1, 0.15) is 87.7 Å². The predicted octanol–water partition coefficient (Wildman–Crippen LogP) is 3.81. The molecule has 7 heterocycles. The number of Topliss-reactive ketones (excluding diaryl/α,β-unsaturated/α-hetero) is 1. The molecule has 3 N–H and O–H groups in total. The standard InChI is InChI=1S/C24H32N6O3.C17H23N3O3.2CH4/c1-33-27-23(21-3-2-10-30(32)17-21)19-7-13-29(14-8-19)24(31)20-5-11-28(12-6-20)16-18-4-9-26-22(25)15-18;21-16(15-2-1-9-20(23)12-15)13-5-10-19(11-6-13)17(22)14-3-7-18-8-4-14;;/h2-4,9-10,15,17,19-20H,5-8,11-14,16H2,1H3,(H2,25,26);1-2,9,12-14,18H,3-8,10-11H2;2*1H4. The summed E-state index contributed by atoms with van der Waals surface area (Å²) in [7, 11) is 1.52. The number of carbonyl (C=O) groups is 3. The number of ketones is 1. The summed E-state index contributed by atoms with van der Waals surface area (Å²) in [5.74, 6) is 1.36. The molecule has 0 aromatic carbocycles. The van der Waals surface area contributed by atoms with E-state index in [2.05, 4.69) is 20.4 Å².